The number of benzene rings is 1. The van der Waals surface area contributed by atoms with Gasteiger partial charge >= 0.3 is 16.4 Å². The molecule has 2 amide bonds. The number of likely N-dealkylation sites (tertiary alicyclic amines) is 1. The van der Waals surface area contributed by atoms with Crippen molar-refractivity contribution in [3.8, 4) is 0 Å². The van der Waals surface area contributed by atoms with Gasteiger partial charge in [-0.05, 0) is 37.1 Å². The zero-order valence-electron chi connectivity index (χ0n) is 18.1. The van der Waals surface area contributed by atoms with E-state index < -0.39 is 28.1 Å². The molecule has 1 aromatic carbocycles. The Labute approximate surface area is 198 Å². The first-order chi connectivity index (χ1) is 16.5. The van der Waals surface area contributed by atoms with Gasteiger partial charge in [-0.25, -0.2) is 23.1 Å². The van der Waals surface area contributed by atoms with Crippen LogP contribution in [0.2, 0.25) is 0 Å². The minimum absolute atomic E-state index is 0.290. The molecule has 1 atom stereocenters. The van der Waals surface area contributed by atoms with E-state index in [-0.39, 0.29) is 12.1 Å². The van der Waals surface area contributed by atoms with Gasteiger partial charge in [-0.3, -0.25) is 9.11 Å². The summed E-state index contributed by atoms with van der Waals surface area (Å²) in [7, 11) is -4.67. The number of aliphatic hydroxyl groups is 1. The highest BCUT2D eigenvalue weighted by Gasteiger charge is 2.31. The van der Waals surface area contributed by atoms with E-state index >= 15 is 0 Å². The fourth-order valence-electron chi connectivity index (χ4n) is 4.06. The van der Waals surface area contributed by atoms with Gasteiger partial charge in [0.25, 0.3) is 0 Å². The van der Waals surface area contributed by atoms with Crippen molar-refractivity contribution in [2.24, 2.45) is 0 Å². The summed E-state index contributed by atoms with van der Waals surface area (Å²) in [6.45, 7) is 1.24. The highest BCUT2D eigenvalue weighted by atomic mass is 32.3. The first-order valence-corrected chi connectivity index (χ1v) is 11.9. The average molecular weight is 512 g/mol. The smallest absolute Gasteiger partial charge is 0.389 e. The normalized spacial score (nSPS) is 18.3. The van der Waals surface area contributed by atoms with Crippen molar-refractivity contribution >= 4 is 33.6 Å². The molecule has 0 saturated carbocycles. The minimum Gasteiger partial charge on any atom is -0.389 e. The Morgan fingerprint density at radius 2 is 1.89 bits per heavy atom. The first-order valence-electron chi connectivity index (χ1n) is 10.5. The summed E-state index contributed by atoms with van der Waals surface area (Å²) < 4.78 is 61.2. The number of fused-ring (bicyclic) bond motifs is 1. The van der Waals surface area contributed by atoms with Crippen LogP contribution in [-0.2, 0) is 10.4 Å². The van der Waals surface area contributed by atoms with Crippen molar-refractivity contribution in [2.45, 2.75) is 25.0 Å². The predicted molar refractivity (Wildman–Crippen MR) is 119 cm³/mol. The van der Waals surface area contributed by atoms with E-state index in [1.54, 1.807) is 12.3 Å². The average Bonchev–Trinajstić information content (AvgIpc) is 3.39. The summed E-state index contributed by atoms with van der Waals surface area (Å²) in [5.74, 6) is -0.314. The van der Waals surface area contributed by atoms with Gasteiger partial charge in [0.2, 0.25) is 0 Å². The van der Waals surface area contributed by atoms with Gasteiger partial charge in [0.05, 0.1) is 31.4 Å². The maximum absolute atomic E-state index is 14.4. The summed E-state index contributed by atoms with van der Waals surface area (Å²) in [6.07, 6.45) is 4.26. The molecular formula is C20H22F2N6O6S. The molecule has 2 saturated heterocycles. The SMILES string of the molecule is O=C(Nc1cnn2ccc(N3CCCC3c3cc(F)ccc3F)nc12)N1CC(O)C1.O=S(=O)(O)O. The monoisotopic (exact) mass is 512 g/mol. The molecule has 0 spiro atoms. The number of urea groups is 1. The molecule has 4 heterocycles. The van der Waals surface area contributed by atoms with Crippen LogP contribution in [0.15, 0.2) is 36.7 Å². The van der Waals surface area contributed by atoms with Crippen LogP contribution < -0.4 is 10.2 Å². The lowest BCUT2D eigenvalue weighted by molar-refractivity contribution is 0.0309. The maximum atomic E-state index is 14.4. The van der Waals surface area contributed by atoms with Crippen molar-refractivity contribution < 1.29 is 36.2 Å². The summed E-state index contributed by atoms with van der Waals surface area (Å²) in [4.78, 5) is 20.4. The van der Waals surface area contributed by atoms with Gasteiger partial charge in [0.15, 0.2) is 5.65 Å². The van der Waals surface area contributed by atoms with E-state index in [0.29, 0.717) is 48.8 Å². The van der Waals surface area contributed by atoms with E-state index in [1.807, 2.05) is 4.90 Å². The fourth-order valence-corrected chi connectivity index (χ4v) is 4.06. The van der Waals surface area contributed by atoms with Crippen LogP contribution in [0.4, 0.5) is 25.1 Å². The Hall–Kier alpha value is -3.40. The van der Waals surface area contributed by atoms with Gasteiger partial charge in [-0.2, -0.15) is 13.5 Å². The number of hydrogen-bond acceptors (Lipinski definition) is 7. The second-order valence-corrected chi connectivity index (χ2v) is 8.96. The molecule has 15 heteroatoms. The summed E-state index contributed by atoms with van der Waals surface area (Å²) >= 11 is 0. The molecule has 0 bridgehead atoms. The van der Waals surface area contributed by atoms with Gasteiger partial charge in [0.1, 0.15) is 23.1 Å². The number of carbonyl (C=O) groups excluding carboxylic acids is 1. The largest absolute Gasteiger partial charge is 0.394 e. The van der Waals surface area contributed by atoms with Crippen LogP contribution >= 0.6 is 0 Å². The number of aromatic nitrogens is 3. The molecule has 5 rings (SSSR count). The molecule has 35 heavy (non-hydrogen) atoms. The highest BCUT2D eigenvalue weighted by Crippen LogP contribution is 2.37. The lowest BCUT2D eigenvalue weighted by Crippen LogP contribution is -2.54. The predicted octanol–water partition coefficient (Wildman–Crippen LogP) is 1.90. The number of carbonyl (C=O) groups is 1. The minimum atomic E-state index is -4.67. The standard InChI is InChI=1S/C20H20F2N6O2.H2O4S/c21-12-3-4-15(22)14(8-12)17-2-1-6-27(17)18-5-7-28-19(25-18)16(9-23-28)24-20(30)26-10-13(29)11-26;1-5(2,3)4/h3-5,7-9,13,17,29H,1-2,6,10-11H2,(H,24,30);(H2,1,2,3,4). The number of anilines is 2. The van der Waals surface area contributed by atoms with E-state index in [2.05, 4.69) is 15.4 Å². The number of amides is 2. The van der Waals surface area contributed by atoms with E-state index in [1.165, 1.54) is 21.7 Å². The molecule has 2 fully saturated rings. The quantitative estimate of drug-likeness (QED) is 0.384. The Bertz CT molecular complexity index is 1340. The second-order valence-electron chi connectivity index (χ2n) is 8.07. The van der Waals surface area contributed by atoms with E-state index in [4.69, 9.17) is 17.5 Å². The van der Waals surface area contributed by atoms with Gasteiger partial charge < -0.3 is 20.2 Å². The molecule has 4 N–H and O–H groups in total. The van der Waals surface area contributed by atoms with Gasteiger partial charge in [-0.1, -0.05) is 0 Å². The van der Waals surface area contributed by atoms with Crippen LogP contribution in [0.3, 0.4) is 0 Å². The van der Waals surface area contributed by atoms with E-state index in [9.17, 15) is 18.7 Å². The molecule has 2 aromatic heterocycles. The number of aliphatic hydroxyl groups excluding tert-OH is 1. The molecular weight excluding hydrogens is 490 g/mol. The Morgan fingerprint density at radius 3 is 2.57 bits per heavy atom. The molecule has 2 aliphatic heterocycles. The summed E-state index contributed by atoms with van der Waals surface area (Å²) in [5.41, 5.74) is 1.20. The molecule has 12 nitrogen and oxygen atoms in total. The number of rotatable bonds is 3. The third-order valence-corrected chi connectivity index (χ3v) is 5.61. The lowest BCUT2D eigenvalue weighted by atomic mass is 10.0. The molecule has 0 aliphatic carbocycles. The summed E-state index contributed by atoms with van der Waals surface area (Å²) in [6, 6.07) is 4.62. The van der Waals surface area contributed by atoms with Crippen LogP contribution in [0.1, 0.15) is 24.4 Å². The number of β-amino-alcohol motifs (C(OH)–C–C–N with tert-alkyl or cyclic N) is 1. The van der Waals surface area contributed by atoms with Crippen molar-refractivity contribution in [3.05, 3.63) is 53.9 Å². The molecule has 2 aliphatic rings. The second kappa shape index (κ2) is 9.69. The topological polar surface area (TPSA) is 161 Å². The van der Waals surface area contributed by atoms with Crippen molar-refractivity contribution in [1.29, 1.82) is 0 Å². The zero-order valence-corrected chi connectivity index (χ0v) is 18.9. The highest BCUT2D eigenvalue weighted by molar-refractivity contribution is 7.79. The van der Waals surface area contributed by atoms with Crippen molar-refractivity contribution in [2.75, 3.05) is 29.9 Å². The third kappa shape index (κ3) is 5.82. The van der Waals surface area contributed by atoms with Crippen LogP contribution in [-0.4, -0.2) is 73.9 Å². The number of hydrogen-bond donors (Lipinski definition) is 4. The lowest BCUT2D eigenvalue weighted by Gasteiger charge is -2.35. The van der Waals surface area contributed by atoms with Crippen LogP contribution in [0.5, 0.6) is 0 Å². The molecule has 3 aromatic rings. The molecule has 188 valence electrons. The Kier molecular flexibility index (Phi) is 6.84. The number of halogens is 2. The zero-order chi connectivity index (χ0) is 25.3. The van der Waals surface area contributed by atoms with Gasteiger partial charge in [0, 0.05) is 18.3 Å². The first kappa shape index (κ1) is 24.7. The Balaban J connectivity index is 0.000000527. The van der Waals surface area contributed by atoms with Crippen LogP contribution in [0.25, 0.3) is 5.65 Å². The number of nitrogens with one attached hydrogen (secondary N) is 1. The van der Waals surface area contributed by atoms with Crippen LogP contribution in [0, 0.1) is 11.6 Å². The maximum Gasteiger partial charge on any atom is 0.394 e. The fraction of sp³-hybridized carbons (Fsp3) is 0.350. The van der Waals surface area contributed by atoms with Crippen molar-refractivity contribution in [1.82, 2.24) is 19.5 Å². The van der Waals surface area contributed by atoms with E-state index in [0.717, 1.165) is 18.6 Å². The van der Waals surface area contributed by atoms with Crippen molar-refractivity contribution in [3.63, 3.8) is 0 Å². The van der Waals surface area contributed by atoms with Gasteiger partial charge in [-0.15, -0.1) is 0 Å². The third-order valence-electron chi connectivity index (χ3n) is 5.61. The Morgan fingerprint density at radius 1 is 1.17 bits per heavy atom. The molecule has 1 unspecified atom stereocenters. The summed E-state index contributed by atoms with van der Waals surface area (Å²) in [5, 5.41) is 16.3. The molecule has 0 radical (unpaired) electrons. The number of nitrogens with zero attached hydrogens (tertiary/aromatic N) is 5.